The second-order valence-electron chi connectivity index (χ2n) is 12.3. The summed E-state index contributed by atoms with van der Waals surface area (Å²) in [6.07, 6.45) is -0.508. The summed E-state index contributed by atoms with van der Waals surface area (Å²) in [5, 5.41) is 18.6. The lowest BCUT2D eigenvalue weighted by Crippen LogP contribution is -2.76. The van der Waals surface area contributed by atoms with Gasteiger partial charge >= 0.3 is 6.03 Å². The third-order valence-electron chi connectivity index (χ3n) is 9.14. The lowest BCUT2D eigenvalue weighted by atomic mass is 9.97. The van der Waals surface area contributed by atoms with Gasteiger partial charge in [0, 0.05) is 26.1 Å². The quantitative estimate of drug-likeness (QED) is 0.241. The van der Waals surface area contributed by atoms with Gasteiger partial charge in [-0.1, -0.05) is 115 Å². The summed E-state index contributed by atoms with van der Waals surface area (Å²) in [5.41, 5.74) is 3.70. The van der Waals surface area contributed by atoms with Crippen LogP contribution in [0.25, 0.3) is 10.8 Å². The first-order chi connectivity index (χ1) is 23.4. The summed E-state index contributed by atoms with van der Waals surface area (Å²) >= 11 is 0. The Kier molecular flexibility index (Phi) is 8.76. The minimum atomic E-state index is -0.848. The molecule has 2 fully saturated rings. The molecule has 0 radical (unpaired) electrons. The Hall–Kier alpha value is -5.67. The molecule has 5 aromatic rings. The standard InChI is InChI=1S/C39H37N5O4/c45-33-20-18-28(19-21-33)22-35-38(47)41(25-32-16-9-15-31-14-7-8-17-34(31)32)26-36-43(35)37(46)27-42(24-30-12-5-2-6-13-30)44(36)39(48)40-23-29-10-3-1-4-11-29/h1-21,35-36,45H,22-27H2,(H,40,48)/t35-,36-/m0/s1. The van der Waals surface area contributed by atoms with Gasteiger partial charge in [-0.2, -0.15) is 0 Å². The predicted molar refractivity (Wildman–Crippen MR) is 183 cm³/mol. The van der Waals surface area contributed by atoms with Crippen LogP contribution < -0.4 is 5.32 Å². The molecule has 2 aliphatic heterocycles. The van der Waals surface area contributed by atoms with E-state index in [1.807, 2.05) is 103 Å². The number of hydrogen-bond donors (Lipinski definition) is 2. The smallest absolute Gasteiger partial charge is 0.334 e. The minimum absolute atomic E-state index is 0.0627. The fourth-order valence-electron chi connectivity index (χ4n) is 6.81. The molecular formula is C39H37N5O4. The maximum Gasteiger partial charge on any atom is 0.334 e. The molecule has 2 N–H and O–H groups in total. The molecular weight excluding hydrogens is 602 g/mol. The number of benzene rings is 5. The first-order valence-corrected chi connectivity index (χ1v) is 16.2. The number of amides is 4. The molecule has 9 heteroatoms. The molecule has 0 aromatic heterocycles. The van der Waals surface area contributed by atoms with E-state index in [-0.39, 0.29) is 43.1 Å². The van der Waals surface area contributed by atoms with E-state index in [2.05, 4.69) is 5.32 Å². The minimum Gasteiger partial charge on any atom is -0.508 e. The highest BCUT2D eigenvalue weighted by Crippen LogP contribution is 2.31. The highest BCUT2D eigenvalue weighted by Gasteiger charge is 2.51. The van der Waals surface area contributed by atoms with Crippen LogP contribution in [0.3, 0.4) is 0 Å². The molecule has 48 heavy (non-hydrogen) atoms. The number of rotatable bonds is 8. The first-order valence-electron chi connectivity index (χ1n) is 16.2. The zero-order valence-electron chi connectivity index (χ0n) is 26.5. The van der Waals surface area contributed by atoms with Gasteiger partial charge in [0.1, 0.15) is 18.0 Å². The average molecular weight is 640 g/mol. The normalized spacial score (nSPS) is 18.2. The van der Waals surface area contributed by atoms with E-state index in [0.717, 1.165) is 33.0 Å². The van der Waals surface area contributed by atoms with Crippen LogP contribution in [0, 0.1) is 0 Å². The molecule has 5 aromatic carbocycles. The Bertz CT molecular complexity index is 1910. The van der Waals surface area contributed by atoms with Crippen molar-refractivity contribution >= 4 is 28.6 Å². The summed E-state index contributed by atoms with van der Waals surface area (Å²) in [7, 11) is 0. The van der Waals surface area contributed by atoms with Crippen LogP contribution in [0.4, 0.5) is 4.79 Å². The topological polar surface area (TPSA) is 96.4 Å². The highest BCUT2D eigenvalue weighted by atomic mass is 16.3. The number of piperazine rings is 1. The maximum absolute atomic E-state index is 14.4. The molecule has 2 atom stereocenters. The van der Waals surface area contributed by atoms with Gasteiger partial charge in [0.15, 0.2) is 0 Å². The van der Waals surface area contributed by atoms with Crippen molar-refractivity contribution in [3.8, 4) is 5.75 Å². The van der Waals surface area contributed by atoms with Gasteiger partial charge in [-0.05, 0) is 45.2 Å². The second-order valence-corrected chi connectivity index (χ2v) is 12.3. The van der Waals surface area contributed by atoms with E-state index in [1.165, 1.54) is 0 Å². The number of urea groups is 1. The molecule has 2 aliphatic rings. The van der Waals surface area contributed by atoms with Crippen LogP contribution in [-0.4, -0.2) is 68.1 Å². The molecule has 0 saturated carbocycles. The lowest BCUT2D eigenvalue weighted by Gasteiger charge is -2.55. The molecule has 0 spiro atoms. The number of nitrogens with one attached hydrogen (secondary N) is 1. The number of hydrazine groups is 1. The Morgan fingerprint density at radius 1 is 0.729 bits per heavy atom. The van der Waals surface area contributed by atoms with Crippen molar-refractivity contribution in [3.63, 3.8) is 0 Å². The van der Waals surface area contributed by atoms with E-state index in [9.17, 15) is 19.5 Å². The zero-order valence-corrected chi connectivity index (χ0v) is 26.5. The number of phenolic OH excluding ortho intramolecular Hbond substituents is 1. The van der Waals surface area contributed by atoms with Gasteiger partial charge in [0.25, 0.3) is 0 Å². The number of phenols is 1. The van der Waals surface area contributed by atoms with Crippen LogP contribution in [0.1, 0.15) is 22.3 Å². The number of carbonyl (C=O) groups excluding carboxylic acids is 3. The molecule has 9 nitrogen and oxygen atoms in total. The maximum atomic E-state index is 14.4. The van der Waals surface area contributed by atoms with E-state index in [4.69, 9.17) is 0 Å². The van der Waals surface area contributed by atoms with E-state index in [1.54, 1.807) is 44.1 Å². The number of hydrogen-bond acceptors (Lipinski definition) is 5. The molecule has 4 amide bonds. The van der Waals surface area contributed by atoms with Gasteiger partial charge in [-0.15, -0.1) is 0 Å². The van der Waals surface area contributed by atoms with Crippen molar-refractivity contribution < 1.29 is 19.5 Å². The van der Waals surface area contributed by atoms with Crippen LogP contribution in [0.5, 0.6) is 5.75 Å². The Morgan fingerprint density at radius 2 is 1.40 bits per heavy atom. The van der Waals surface area contributed by atoms with Crippen molar-refractivity contribution in [1.29, 1.82) is 0 Å². The van der Waals surface area contributed by atoms with Gasteiger partial charge < -0.3 is 20.2 Å². The largest absolute Gasteiger partial charge is 0.508 e. The zero-order chi connectivity index (χ0) is 33.0. The third-order valence-corrected chi connectivity index (χ3v) is 9.14. The van der Waals surface area contributed by atoms with Crippen molar-refractivity contribution in [2.24, 2.45) is 0 Å². The van der Waals surface area contributed by atoms with Crippen molar-refractivity contribution in [1.82, 2.24) is 25.1 Å². The monoisotopic (exact) mass is 639 g/mol. The molecule has 242 valence electrons. The number of aromatic hydroxyl groups is 1. The van der Waals surface area contributed by atoms with E-state index in [0.29, 0.717) is 19.6 Å². The second kappa shape index (κ2) is 13.6. The van der Waals surface area contributed by atoms with E-state index < -0.39 is 12.2 Å². The first kappa shape index (κ1) is 31.0. The van der Waals surface area contributed by atoms with Crippen molar-refractivity contribution in [2.45, 2.75) is 38.3 Å². The summed E-state index contributed by atoms with van der Waals surface area (Å²) in [6.45, 7) is 1.06. The van der Waals surface area contributed by atoms with Crippen LogP contribution >= 0.6 is 0 Å². The van der Waals surface area contributed by atoms with Crippen molar-refractivity contribution in [3.05, 3.63) is 150 Å². The van der Waals surface area contributed by atoms with Crippen LogP contribution in [-0.2, 0) is 35.6 Å². The molecule has 0 unspecified atom stereocenters. The number of carbonyl (C=O) groups is 3. The summed E-state index contributed by atoms with van der Waals surface area (Å²) in [4.78, 5) is 46.2. The number of fused-ring (bicyclic) bond motifs is 2. The molecule has 2 heterocycles. The van der Waals surface area contributed by atoms with Crippen LogP contribution in [0.2, 0.25) is 0 Å². The average Bonchev–Trinajstić information content (AvgIpc) is 3.11. The molecule has 0 aliphatic carbocycles. The van der Waals surface area contributed by atoms with Crippen molar-refractivity contribution in [2.75, 3.05) is 13.1 Å². The summed E-state index contributed by atoms with van der Waals surface area (Å²) < 4.78 is 0. The summed E-state index contributed by atoms with van der Waals surface area (Å²) in [6, 6.07) is 39.1. The SMILES string of the molecule is O=C1[C@H](Cc2ccc(O)cc2)N2C(=O)CN(Cc3ccccc3)N(C(=O)NCc3ccccc3)[C@H]2CN1Cc1cccc2ccccc12. The highest BCUT2D eigenvalue weighted by molar-refractivity contribution is 5.92. The summed E-state index contributed by atoms with van der Waals surface area (Å²) in [5.74, 6) is -0.275. The predicted octanol–water partition coefficient (Wildman–Crippen LogP) is 5.30. The molecule has 0 bridgehead atoms. The fourth-order valence-corrected chi connectivity index (χ4v) is 6.81. The fraction of sp³-hybridized carbons (Fsp3) is 0.205. The lowest BCUT2D eigenvalue weighted by molar-refractivity contribution is -0.192. The Labute approximate surface area is 279 Å². The Balaban J connectivity index is 1.27. The molecule has 7 rings (SSSR count). The number of nitrogens with zero attached hydrogens (tertiary/aromatic N) is 4. The van der Waals surface area contributed by atoms with Gasteiger partial charge in [0.05, 0.1) is 13.1 Å². The Morgan fingerprint density at radius 3 is 2.15 bits per heavy atom. The molecule has 2 saturated heterocycles. The van der Waals surface area contributed by atoms with E-state index >= 15 is 0 Å². The van der Waals surface area contributed by atoms with Crippen LogP contribution in [0.15, 0.2) is 127 Å². The van der Waals surface area contributed by atoms with Gasteiger partial charge in [-0.25, -0.2) is 14.8 Å². The van der Waals surface area contributed by atoms with Gasteiger partial charge in [-0.3, -0.25) is 9.59 Å². The third kappa shape index (κ3) is 6.45. The van der Waals surface area contributed by atoms with Gasteiger partial charge in [0.2, 0.25) is 11.8 Å².